The van der Waals surface area contributed by atoms with Gasteiger partial charge in [0.2, 0.25) is 11.0 Å². The number of benzene rings is 1. The zero-order chi connectivity index (χ0) is 20.4. The van der Waals surface area contributed by atoms with Crippen LogP contribution in [0.3, 0.4) is 0 Å². The van der Waals surface area contributed by atoms with Gasteiger partial charge >= 0.3 is 0 Å². The molecular formula is C21H31FN4OS. The molecule has 0 aliphatic heterocycles. The zero-order valence-electron chi connectivity index (χ0n) is 17.1. The minimum atomic E-state index is -0.243. The summed E-state index contributed by atoms with van der Waals surface area (Å²) in [5.41, 5.74) is 0.982. The monoisotopic (exact) mass is 406 g/mol. The van der Waals surface area contributed by atoms with E-state index < -0.39 is 0 Å². The smallest absolute Gasteiger partial charge is 0.221 e. The summed E-state index contributed by atoms with van der Waals surface area (Å²) in [5, 5.41) is 3.84. The van der Waals surface area contributed by atoms with Crippen LogP contribution in [0.2, 0.25) is 0 Å². The molecule has 0 radical (unpaired) electrons. The highest BCUT2D eigenvalue weighted by atomic mass is 32.1. The van der Waals surface area contributed by atoms with Crippen molar-refractivity contribution in [3.63, 3.8) is 0 Å². The van der Waals surface area contributed by atoms with Gasteiger partial charge in [0.1, 0.15) is 11.6 Å². The molecule has 2 aromatic rings. The number of nitrogens with one attached hydrogen (secondary N) is 1. The predicted octanol–water partition coefficient (Wildman–Crippen LogP) is 4.43. The number of carbonyl (C=O) groups is 1. The van der Waals surface area contributed by atoms with Crippen LogP contribution in [0.1, 0.15) is 57.8 Å². The van der Waals surface area contributed by atoms with Gasteiger partial charge in [-0.3, -0.25) is 4.79 Å². The highest BCUT2D eigenvalue weighted by molar-refractivity contribution is 7.09. The Kier molecular flexibility index (Phi) is 9.34. The molecular weight excluding hydrogens is 375 g/mol. The van der Waals surface area contributed by atoms with E-state index in [4.69, 9.17) is 0 Å². The van der Waals surface area contributed by atoms with Crippen molar-refractivity contribution in [1.82, 2.24) is 14.7 Å². The molecule has 0 fully saturated rings. The molecule has 28 heavy (non-hydrogen) atoms. The Morgan fingerprint density at radius 1 is 1.25 bits per heavy atom. The van der Waals surface area contributed by atoms with Crippen LogP contribution in [0.4, 0.5) is 9.52 Å². The topological polar surface area (TPSA) is 58.1 Å². The number of hydrogen-bond acceptors (Lipinski definition) is 5. The van der Waals surface area contributed by atoms with Gasteiger partial charge in [-0.05, 0) is 36.5 Å². The van der Waals surface area contributed by atoms with Gasteiger partial charge in [0, 0.05) is 44.0 Å². The summed E-state index contributed by atoms with van der Waals surface area (Å²) < 4.78 is 17.5. The van der Waals surface area contributed by atoms with Crippen LogP contribution in [0.15, 0.2) is 24.3 Å². The van der Waals surface area contributed by atoms with E-state index in [1.807, 2.05) is 0 Å². The van der Waals surface area contributed by atoms with E-state index in [9.17, 15) is 9.18 Å². The molecule has 0 bridgehead atoms. The first-order valence-electron chi connectivity index (χ1n) is 10.1. The molecule has 2 rings (SSSR count). The van der Waals surface area contributed by atoms with Crippen LogP contribution in [-0.2, 0) is 11.2 Å². The van der Waals surface area contributed by atoms with Crippen molar-refractivity contribution in [3.8, 4) is 0 Å². The highest BCUT2D eigenvalue weighted by Gasteiger charge is 2.14. The molecule has 0 spiro atoms. The number of carbonyl (C=O) groups excluding carboxylic acids is 1. The minimum Gasteiger partial charge on any atom is -0.356 e. The fraction of sp³-hybridized carbons (Fsp3) is 0.571. The molecule has 0 atom stereocenters. The van der Waals surface area contributed by atoms with Crippen LogP contribution in [0, 0.1) is 11.7 Å². The molecule has 1 N–H and O–H groups in total. The SMILES string of the molecule is CCCCN(CCC(=O)NCCC(C)C)c1nc(Cc2ccc(F)cc2)ns1. The van der Waals surface area contributed by atoms with Crippen molar-refractivity contribution in [2.45, 2.75) is 52.9 Å². The Morgan fingerprint density at radius 2 is 2.00 bits per heavy atom. The Balaban J connectivity index is 1.91. The first-order chi connectivity index (χ1) is 13.5. The maximum absolute atomic E-state index is 13.1. The van der Waals surface area contributed by atoms with E-state index in [2.05, 4.69) is 40.3 Å². The Hall–Kier alpha value is -2.02. The minimum absolute atomic E-state index is 0.0817. The second kappa shape index (κ2) is 11.7. The third-order valence-corrected chi connectivity index (χ3v) is 5.25. The molecule has 1 amide bonds. The molecule has 1 aromatic carbocycles. The summed E-state index contributed by atoms with van der Waals surface area (Å²) in [7, 11) is 0. The van der Waals surface area contributed by atoms with Crippen LogP contribution < -0.4 is 10.2 Å². The van der Waals surface area contributed by atoms with E-state index in [-0.39, 0.29) is 11.7 Å². The third kappa shape index (κ3) is 7.92. The number of rotatable bonds is 12. The summed E-state index contributed by atoms with van der Waals surface area (Å²) in [6.45, 7) is 8.68. The van der Waals surface area contributed by atoms with E-state index in [1.54, 1.807) is 12.1 Å². The van der Waals surface area contributed by atoms with Gasteiger partial charge in [0.05, 0.1) is 0 Å². The Bertz CT molecular complexity index is 717. The van der Waals surface area contributed by atoms with Crippen molar-refractivity contribution in [2.75, 3.05) is 24.5 Å². The Labute approximate surface area is 171 Å². The van der Waals surface area contributed by atoms with E-state index in [1.165, 1.54) is 23.7 Å². The zero-order valence-corrected chi connectivity index (χ0v) is 17.9. The molecule has 154 valence electrons. The second-order valence-electron chi connectivity index (χ2n) is 7.42. The third-order valence-electron chi connectivity index (χ3n) is 4.44. The number of nitrogens with zero attached hydrogens (tertiary/aromatic N) is 3. The van der Waals surface area contributed by atoms with Gasteiger partial charge in [-0.2, -0.15) is 4.37 Å². The molecule has 1 heterocycles. The molecule has 0 unspecified atom stereocenters. The van der Waals surface area contributed by atoms with Crippen LogP contribution in [-0.4, -0.2) is 34.9 Å². The lowest BCUT2D eigenvalue weighted by Crippen LogP contribution is -2.32. The van der Waals surface area contributed by atoms with Gasteiger partial charge < -0.3 is 10.2 Å². The largest absolute Gasteiger partial charge is 0.356 e. The van der Waals surface area contributed by atoms with Gasteiger partial charge in [0.15, 0.2) is 0 Å². The van der Waals surface area contributed by atoms with Gasteiger partial charge in [-0.25, -0.2) is 9.37 Å². The average Bonchev–Trinajstić information content (AvgIpc) is 3.11. The number of halogens is 1. The van der Waals surface area contributed by atoms with Crippen molar-refractivity contribution >= 4 is 22.6 Å². The Morgan fingerprint density at radius 3 is 2.68 bits per heavy atom. The maximum Gasteiger partial charge on any atom is 0.221 e. The quantitative estimate of drug-likeness (QED) is 0.567. The lowest BCUT2D eigenvalue weighted by atomic mass is 10.1. The summed E-state index contributed by atoms with van der Waals surface area (Å²) in [5.74, 6) is 1.16. The fourth-order valence-electron chi connectivity index (χ4n) is 2.71. The summed E-state index contributed by atoms with van der Waals surface area (Å²) >= 11 is 1.36. The molecule has 0 aliphatic carbocycles. The normalized spacial score (nSPS) is 11.0. The molecule has 0 saturated heterocycles. The second-order valence-corrected chi connectivity index (χ2v) is 8.15. The van der Waals surface area contributed by atoms with Crippen molar-refractivity contribution < 1.29 is 9.18 Å². The molecule has 1 aromatic heterocycles. The first-order valence-corrected chi connectivity index (χ1v) is 10.8. The number of unbranched alkanes of at least 4 members (excludes halogenated alkanes) is 1. The van der Waals surface area contributed by atoms with Gasteiger partial charge in [0.25, 0.3) is 0 Å². The lowest BCUT2D eigenvalue weighted by molar-refractivity contribution is -0.120. The maximum atomic E-state index is 13.1. The number of amides is 1. The average molecular weight is 407 g/mol. The highest BCUT2D eigenvalue weighted by Crippen LogP contribution is 2.20. The fourth-order valence-corrected chi connectivity index (χ4v) is 3.44. The van der Waals surface area contributed by atoms with Crippen molar-refractivity contribution in [2.24, 2.45) is 5.92 Å². The van der Waals surface area contributed by atoms with Crippen LogP contribution in [0.5, 0.6) is 0 Å². The van der Waals surface area contributed by atoms with E-state index in [0.717, 1.165) is 48.9 Å². The van der Waals surface area contributed by atoms with Crippen molar-refractivity contribution in [3.05, 3.63) is 41.5 Å². The molecule has 0 saturated carbocycles. The number of hydrogen-bond donors (Lipinski definition) is 1. The lowest BCUT2D eigenvalue weighted by Gasteiger charge is -2.21. The summed E-state index contributed by atoms with van der Waals surface area (Å²) in [6, 6.07) is 6.42. The summed E-state index contributed by atoms with van der Waals surface area (Å²) in [6.07, 6.45) is 4.15. The van der Waals surface area contributed by atoms with Gasteiger partial charge in [-0.15, -0.1) is 0 Å². The van der Waals surface area contributed by atoms with Crippen molar-refractivity contribution in [1.29, 1.82) is 0 Å². The standard InChI is InChI=1S/C21H31FN4OS/c1-4-5-13-26(14-11-20(27)23-12-10-16(2)3)21-24-19(25-28-21)15-17-6-8-18(22)9-7-17/h6-9,16H,4-5,10-15H2,1-3H3,(H,23,27). The van der Waals surface area contributed by atoms with Gasteiger partial charge in [-0.1, -0.05) is 39.3 Å². The molecule has 5 nitrogen and oxygen atoms in total. The molecule has 0 aliphatic rings. The predicted molar refractivity (Wildman–Crippen MR) is 113 cm³/mol. The number of anilines is 1. The first kappa shape index (κ1) is 22.3. The molecule has 7 heteroatoms. The van der Waals surface area contributed by atoms with Crippen LogP contribution >= 0.6 is 11.5 Å². The van der Waals surface area contributed by atoms with Crippen LogP contribution in [0.25, 0.3) is 0 Å². The van der Waals surface area contributed by atoms with E-state index in [0.29, 0.717) is 25.3 Å². The summed E-state index contributed by atoms with van der Waals surface area (Å²) in [4.78, 5) is 18.9. The van der Waals surface area contributed by atoms with E-state index >= 15 is 0 Å². The number of aromatic nitrogens is 2.